The van der Waals surface area contributed by atoms with Crippen LogP contribution in [-0.4, -0.2) is 29.3 Å². The Morgan fingerprint density at radius 3 is 2.14 bits per heavy atom. The van der Waals surface area contributed by atoms with E-state index in [4.69, 9.17) is 8.85 Å². The lowest BCUT2D eigenvalue weighted by Crippen LogP contribution is -2.55. The van der Waals surface area contributed by atoms with Gasteiger partial charge in [0.2, 0.25) is 0 Å². The topological polar surface area (TPSA) is 18.5 Å². The Labute approximate surface area is 220 Å². The van der Waals surface area contributed by atoms with Gasteiger partial charge >= 0.3 is 0 Å². The maximum atomic E-state index is 7.18. The van der Waals surface area contributed by atoms with E-state index in [1.807, 2.05) is 0 Å². The van der Waals surface area contributed by atoms with Crippen LogP contribution in [0, 0.1) is 28.6 Å². The fourth-order valence-electron chi connectivity index (χ4n) is 7.95. The maximum absolute atomic E-state index is 7.18. The summed E-state index contributed by atoms with van der Waals surface area (Å²) in [7, 11) is -3.53. The molecule has 2 nitrogen and oxygen atoms in total. The molecule has 0 heterocycles. The van der Waals surface area contributed by atoms with Crippen molar-refractivity contribution in [3.8, 4) is 0 Å². The fourth-order valence-corrected chi connectivity index (χ4v) is 10.5. The highest BCUT2D eigenvalue weighted by Gasteiger charge is 2.61. The second-order valence-corrected chi connectivity index (χ2v) is 25.8. The molecule has 0 amide bonds. The molecule has 6 atom stereocenters. The molecule has 0 spiro atoms. The van der Waals surface area contributed by atoms with Gasteiger partial charge in [0.05, 0.1) is 6.10 Å². The van der Waals surface area contributed by atoms with Crippen LogP contribution >= 0.6 is 0 Å². The van der Waals surface area contributed by atoms with Gasteiger partial charge in [-0.3, -0.25) is 0 Å². The van der Waals surface area contributed by atoms with Crippen molar-refractivity contribution in [3.63, 3.8) is 0 Å². The Bertz CT molecular complexity index is 817. The first kappa shape index (κ1) is 28.1. The van der Waals surface area contributed by atoms with Gasteiger partial charge in [0.15, 0.2) is 16.6 Å². The lowest BCUT2D eigenvalue weighted by atomic mass is 9.47. The van der Waals surface area contributed by atoms with Crippen LogP contribution in [0.25, 0.3) is 0 Å². The molecule has 0 aromatic rings. The monoisotopic (exact) mass is 518 g/mol. The standard InChI is InChI=1S/C31H58O2Si2/c1-28(2,3)34(8,9)32-22-31-20-13-12-14-23(31)15-16-24-25-17-18-27(30(25,7)21-19-26(24)31)33-35(10,11)29(4,5)6/h15,24-27H,12-14,16-22H2,1-11H3/t24-,25-,26-,27-,30-,31+/m0/s1. The summed E-state index contributed by atoms with van der Waals surface area (Å²) >= 11 is 0. The SMILES string of the molecule is CC(C)(C)[Si](C)(C)OC[C@]12CCCCC1=CC[C@@H]1[C@@H]2CC[C@]2(C)[C@@H](O[Si](C)(C)C(C)(C)C)CC[C@@H]12. The second-order valence-electron chi connectivity index (χ2n) is 16.2. The highest BCUT2D eigenvalue weighted by atomic mass is 28.4. The Kier molecular flexibility index (Phi) is 7.30. The molecule has 0 bridgehead atoms. The maximum Gasteiger partial charge on any atom is 0.192 e. The Hall–Kier alpha value is 0.0938. The summed E-state index contributed by atoms with van der Waals surface area (Å²) < 4.78 is 14.3. The zero-order valence-electron chi connectivity index (χ0n) is 25.3. The molecule has 35 heavy (non-hydrogen) atoms. The van der Waals surface area contributed by atoms with E-state index in [-0.39, 0.29) is 10.1 Å². The van der Waals surface area contributed by atoms with Crippen LogP contribution in [0.4, 0.5) is 0 Å². The van der Waals surface area contributed by atoms with Crippen molar-refractivity contribution in [2.24, 2.45) is 28.6 Å². The van der Waals surface area contributed by atoms with Gasteiger partial charge in [0.1, 0.15) is 0 Å². The molecule has 0 radical (unpaired) electrons. The summed E-state index contributed by atoms with van der Waals surface area (Å²) in [5, 5.41) is 0.565. The highest BCUT2D eigenvalue weighted by molar-refractivity contribution is 6.74. The lowest BCUT2D eigenvalue weighted by molar-refractivity contribution is -0.0782. The van der Waals surface area contributed by atoms with Crippen molar-refractivity contribution in [1.29, 1.82) is 0 Å². The van der Waals surface area contributed by atoms with Crippen LogP contribution in [0.2, 0.25) is 36.3 Å². The first-order chi connectivity index (χ1) is 15.9. The average molecular weight is 519 g/mol. The molecule has 0 unspecified atom stereocenters. The van der Waals surface area contributed by atoms with E-state index in [0.717, 1.165) is 24.4 Å². The van der Waals surface area contributed by atoms with Crippen molar-refractivity contribution in [2.75, 3.05) is 6.61 Å². The quantitative estimate of drug-likeness (QED) is 0.266. The number of allylic oxidation sites excluding steroid dienone is 1. The third-order valence-electron chi connectivity index (χ3n) is 12.4. The Morgan fingerprint density at radius 1 is 0.857 bits per heavy atom. The van der Waals surface area contributed by atoms with E-state index in [1.165, 1.54) is 57.8 Å². The van der Waals surface area contributed by atoms with Crippen molar-refractivity contribution >= 4 is 16.6 Å². The normalized spacial score (nSPS) is 38.4. The molecular weight excluding hydrogens is 461 g/mol. The number of rotatable bonds is 5. The number of fused-ring (bicyclic) bond motifs is 5. The zero-order valence-corrected chi connectivity index (χ0v) is 27.3. The molecule has 4 aliphatic rings. The second kappa shape index (κ2) is 9.09. The van der Waals surface area contributed by atoms with Crippen molar-refractivity contribution in [1.82, 2.24) is 0 Å². The van der Waals surface area contributed by atoms with Gasteiger partial charge in [-0.25, -0.2) is 0 Å². The predicted molar refractivity (Wildman–Crippen MR) is 156 cm³/mol. The number of hydrogen-bond donors (Lipinski definition) is 0. The van der Waals surface area contributed by atoms with Gasteiger partial charge in [0, 0.05) is 12.0 Å². The Morgan fingerprint density at radius 2 is 1.51 bits per heavy atom. The fraction of sp³-hybridized carbons (Fsp3) is 0.935. The third kappa shape index (κ3) is 4.74. The minimum atomic E-state index is -1.77. The molecule has 4 aliphatic carbocycles. The van der Waals surface area contributed by atoms with Gasteiger partial charge in [-0.15, -0.1) is 0 Å². The average Bonchev–Trinajstić information content (AvgIpc) is 3.06. The summed E-state index contributed by atoms with van der Waals surface area (Å²) in [6.07, 6.45) is 15.4. The molecule has 0 N–H and O–H groups in total. The van der Waals surface area contributed by atoms with Crippen molar-refractivity contribution in [3.05, 3.63) is 11.6 Å². The van der Waals surface area contributed by atoms with E-state index < -0.39 is 16.6 Å². The number of hydrogen-bond acceptors (Lipinski definition) is 2. The molecule has 0 saturated heterocycles. The molecule has 0 aromatic carbocycles. The minimum absolute atomic E-state index is 0.279. The summed E-state index contributed by atoms with van der Waals surface area (Å²) in [5.41, 5.74) is 2.47. The van der Waals surface area contributed by atoms with Crippen LogP contribution in [0.1, 0.15) is 106 Å². The van der Waals surface area contributed by atoms with Crippen molar-refractivity contribution in [2.45, 2.75) is 149 Å². The van der Waals surface area contributed by atoms with Crippen LogP contribution in [0.15, 0.2) is 11.6 Å². The van der Waals surface area contributed by atoms with E-state index in [9.17, 15) is 0 Å². The molecule has 3 fully saturated rings. The molecule has 4 rings (SSSR count). The summed E-state index contributed by atoms with van der Waals surface area (Å²) in [6.45, 7) is 27.8. The first-order valence-electron chi connectivity index (χ1n) is 15.0. The van der Waals surface area contributed by atoms with E-state index in [1.54, 1.807) is 5.57 Å². The highest BCUT2D eigenvalue weighted by Crippen LogP contribution is 2.66. The van der Waals surface area contributed by atoms with Crippen molar-refractivity contribution < 1.29 is 8.85 Å². The van der Waals surface area contributed by atoms with Crippen LogP contribution in [0.3, 0.4) is 0 Å². The third-order valence-corrected chi connectivity index (χ3v) is 21.4. The largest absolute Gasteiger partial charge is 0.416 e. The minimum Gasteiger partial charge on any atom is -0.416 e. The molecule has 0 aromatic heterocycles. The van der Waals surface area contributed by atoms with E-state index >= 15 is 0 Å². The van der Waals surface area contributed by atoms with Gasteiger partial charge in [-0.1, -0.05) is 66.5 Å². The summed E-state index contributed by atoms with van der Waals surface area (Å²) in [5.74, 6) is 2.46. The van der Waals surface area contributed by atoms with Crippen LogP contribution in [-0.2, 0) is 8.85 Å². The lowest BCUT2D eigenvalue weighted by Gasteiger charge is -2.59. The van der Waals surface area contributed by atoms with E-state index in [0.29, 0.717) is 16.9 Å². The molecule has 3 saturated carbocycles. The smallest absolute Gasteiger partial charge is 0.192 e. The molecule has 4 heteroatoms. The summed E-state index contributed by atoms with van der Waals surface area (Å²) in [4.78, 5) is 0. The molecular formula is C31H58O2Si2. The van der Waals surface area contributed by atoms with Gasteiger partial charge in [-0.2, -0.15) is 0 Å². The Balaban J connectivity index is 1.60. The molecule has 0 aliphatic heterocycles. The van der Waals surface area contributed by atoms with Crippen LogP contribution in [0.5, 0.6) is 0 Å². The van der Waals surface area contributed by atoms with E-state index in [2.05, 4.69) is 80.7 Å². The van der Waals surface area contributed by atoms with Gasteiger partial charge in [0.25, 0.3) is 0 Å². The van der Waals surface area contributed by atoms with Gasteiger partial charge < -0.3 is 8.85 Å². The summed E-state index contributed by atoms with van der Waals surface area (Å²) in [6, 6.07) is 0. The van der Waals surface area contributed by atoms with Gasteiger partial charge in [-0.05, 0) is 111 Å². The van der Waals surface area contributed by atoms with Crippen LogP contribution < -0.4 is 0 Å². The first-order valence-corrected chi connectivity index (χ1v) is 20.8. The predicted octanol–water partition coefficient (Wildman–Crippen LogP) is 9.73. The molecule has 202 valence electrons. The zero-order chi connectivity index (χ0) is 26.1.